The van der Waals surface area contributed by atoms with E-state index in [-0.39, 0.29) is 23.9 Å². The van der Waals surface area contributed by atoms with Gasteiger partial charge in [-0.05, 0) is 48.7 Å². The lowest BCUT2D eigenvalue weighted by Gasteiger charge is -2.29. The molecule has 2 aromatic carbocycles. The number of ether oxygens (including phenoxy) is 3. The first kappa shape index (κ1) is 25.9. The average molecular weight is 497 g/mol. The number of nitrogens with one attached hydrogen (secondary N) is 2. The molecule has 1 aliphatic heterocycles. The molecule has 1 saturated heterocycles. The molecule has 1 saturated carbocycles. The molecule has 0 bridgehead atoms. The lowest BCUT2D eigenvalue weighted by molar-refractivity contribution is 0.0342. The van der Waals surface area contributed by atoms with Crippen LogP contribution in [-0.4, -0.2) is 69.3 Å². The summed E-state index contributed by atoms with van der Waals surface area (Å²) in [6.45, 7) is 3.61. The number of amides is 2. The molecule has 1 aliphatic carbocycles. The molecule has 9 nitrogen and oxygen atoms in total. The smallest absolute Gasteiger partial charge is 0.255 e. The predicted molar refractivity (Wildman–Crippen MR) is 138 cm³/mol. The molecule has 4 rings (SSSR count). The Balaban J connectivity index is 1.57. The second-order valence-electron chi connectivity index (χ2n) is 9.31. The van der Waals surface area contributed by atoms with Gasteiger partial charge in [0.15, 0.2) is 11.5 Å². The van der Waals surface area contributed by atoms with Gasteiger partial charge in [-0.3, -0.25) is 14.5 Å². The van der Waals surface area contributed by atoms with Crippen molar-refractivity contribution in [3.05, 3.63) is 53.1 Å². The van der Waals surface area contributed by atoms with E-state index in [9.17, 15) is 9.59 Å². The summed E-state index contributed by atoms with van der Waals surface area (Å²) in [5.74, 6) is 0.528. The topological polar surface area (TPSA) is 115 Å². The van der Waals surface area contributed by atoms with Crippen LogP contribution in [0.2, 0.25) is 0 Å². The minimum Gasteiger partial charge on any atom is -0.493 e. The number of benzene rings is 2. The van der Waals surface area contributed by atoms with Gasteiger partial charge in [0.1, 0.15) is 0 Å². The van der Waals surface area contributed by atoms with E-state index in [1.54, 1.807) is 31.4 Å². The van der Waals surface area contributed by atoms with E-state index in [0.717, 1.165) is 44.3 Å². The van der Waals surface area contributed by atoms with Gasteiger partial charge in [0.2, 0.25) is 0 Å². The number of nitrogens with two attached hydrogens (primary N) is 1. The van der Waals surface area contributed by atoms with Gasteiger partial charge in [0, 0.05) is 48.5 Å². The van der Waals surface area contributed by atoms with Crippen molar-refractivity contribution in [2.24, 2.45) is 5.73 Å². The Labute approximate surface area is 212 Å². The fourth-order valence-corrected chi connectivity index (χ4v) is 4.73. The van der Waals surface area contributed by atoms with Gasteiger partial charge < -0.3 is 30.6 Å². The molecule has 1 heterocycles. The molecule has 194 valence electrons. The second kappa shape index (κ2) is 12.2. The van der Waals surface area contributed by atoms with Crippen LogP contribution in [0.3, 0.4) is 0 Å². The van der Waals surface area contributed by atoms with Crippen molar-refractivity contribution in [1.82, 2.24) is 10.2 Å². The van der Waals surface area contributed by atoms with E-state index in [1.807, 2.05) is 12.1 Å². The number of hydrogen-bond acceptors (Lipinski definition) is 7. The summed E-state index contributed by atoms with van der Waals surface area (Å²) < 4.78 is 16.1. The van der Waals surface area contributed by atoms with Crippen LogP contribution in [0, 0.1) is 0 Å². The third kappa shape index (κ3) is 6.34. The number of nitrogens with zero attached hydrogens (tertiary/aromatic N) is 1. The van der Waals surface area contributed by atoms with Gasteiger partial charge in [0.05, 0.1) is 27.4 Å². The van der Waals surface area contributed by atoms with Crippen molar-refractivity contribution in [2.45, 2.75) is 44.3 Å². The Kier molecular flexibility index (Phi) is 8.79. The van der Waals surface area contributed by atoms with Gasteiger partial charge in [0.25, 0.3) is 11.8 Å². The highest BCUT2D eigenvalue weighted by Crippen LogP contribution is 2.29. The van der Waals surface area contributed by atoms with Crippen LogP contribution >= 0.6 is 0 Å². The van der Waals surface area contributed by atoms with E-state index < -0.39 is 0 Å². The van der Waals surface area contributed by atoms with Crippen LogP contribution in [0.15, 0.2) is 36.4 Å². The van der Waals surface area contributed by atoms with E-state index in [0.29, 0.717) is 48.1 Å². The lowest BCUT2D eigenvalue weighted by Crippen LogP contribution is -2.49. The van der Waals surface area contributed by atoms with Crippen LogP contribution in [-0.2, 0) is 11.3 Å². The highest BCUT2D eigenvalue weighted by atomic mass is 16.5. The van der Waals surface area contributed by atoms with E-state index in [2.05, 4.69) is 15.5 Å². The van der Waals surface area contributed by atoms with Gasteiger partial charge >= 0.3 is 0 Å². The molecular weight excluding hydrogens is 460 g/mol. The zero-order chi connectivity index (χ0) is 25.5. The summed E-state index contributed by atoms with van der Waals surface area (Å²) in [5.41, 5.74) is 8.67. The molecule has 2 aromatic rings. The summed E-state index contributed by atoms with van der Waals surface area (Å²) in [5, 5.41) is 6.11. The summed E-state index contributed by atoms with van der Waals surface area (Å²) >= 11 is 0. The normalized spacial score (nSPS) is 20.4. The van der Waals surface area contributed by atoms with Crippen LogP contribution in [0.4, 0.5) is 5.69 Å². The first-order chi connectivity index (χ1) is 17.5. The van der Waals surface area contributed by atoms with E-state index >= 15 is 0 Å². The zero-order valence-corrected chi connectivity index (χ0v) is 21.0. The molecule has 36 heavy (non-hydrogen) atoms. The zero-order valence-electron chi connectivity index (χ0n) is 21.0. The number of morpholine rings is 1. The predicted octanol–water partition coefficient (Wildman–Crippen LogP) is 2.79. The average Bonchev–Trinajstić information content (AvgIpc) is 2.91. The first-order valence-corrected chi connectivity index (χ1v) is 12.5. The number of methoxy groups -OCH3 is 2. The summed E-state index contributed by atoms with van der Waals surface area (Å²) in [6, 6.07) is 10.4. The van der Waals surface area contributed by atoms with Crippen molar-refractivity contribution >= 4 is 17.5 Å². The summed E-state index contributed by atoms with van der Waals surface area (Å²) in [6.07, 6.45) is 3.95. The standard InChI is InChI=1S/C27H36N4O5/c1-34-24-10-9-19(16-25(24)35-2)27(33)30-23-15-18(26(32)29-22-6-4-3-5-21(22)28)7-8-20(23)17-31-11-13-36-14-12-31/h7-10,15-16,21-22H,3-6,11-14,17,28H2,1-2H3,(H,29,32)(H,30,33). The van der Waals surface area contributed by atoms with E-state index in [4.69, 9.17) is 19.9 Å². The molecule has 0 radical (unpaired) electrons. The number of anilines is 1. The molecule has 0 aromatic heterocycles. The molecule has 2 unspecified atom stereocenters. The summed E-state index contributed by atoms with van der Waals surface area (Å²) in [4.78, 5) is 28.6. The molecule has 2 fully saturated rings. The Hall–Kier alpha value is -3.14. The van der Waals surface area contributed by atoms with Crippen molar-refractivity contribution in [3.63, 3.8) is 0 Å². The quantitative estimate of drug-likeness (QED) is 0.515. The lowest BCUT2D eigenvalue weighted by atomic mass is 9.91. The Morgan fingerprint density at radius 2 is 1.67 bits per heavy atom. The SMILES string of the molecule is COc1ccc(C(=O)Nc2cc(C(=O)NC3CCCCC3N)ccc2CN2CCOCC2)cc1OC. The van der Waals surface area contributed by atoms with Gasteiger partial charge in [-0.15, -0.1) is 0 Å². The number of carbonyl (C=O) groups is 2. The molecule has 2 amide bonds. The van der Waals surface area contributed by atoms with Crippen molar-refractivity contribution in [2.75, 3.05) is 45.8 Å². The maximum absolute atomic E-state index is 13.2. The number of rotatable bonds is 8. The molecule has 2 atom stereocenters. The highest BCUT2D eigenvalue weighted by molar-refractivity contribution is 6.06. The summed E-state index contributed by atoms with van der Waals surface area (Å²) in [7, 11) is 3.08. The first-order valence-electron chi connectivity index (χ1n) is 12.5. The third-order valence-corrected chi connectivity index (χ3v) is 6.90. The monoisotopic (exact) mass is 496 g/mol. The fourth-order valence-electron chi connectivity index (χ4n) is 4.73. The Morgan fingerprint density at radius 1 is 0.972 bits per heavy atom. The molecule has 4 N–H and O–H groups in total. The van der Waals surface area contributed by atoms with Gasteiger partial charge in [-0.1, -0.05) is 18.9 Å². The Bertz CT molecular complexity index is 1070. The molecular formula is C27H36N4O5. The highest BCUT2D eigenvalue weighted by Gasteiger charge is 2.24. The third-order valence-electron chi connectivity index (χ3n) is 6.90. The van der Waals surface area contributed by atoms with Crippen LogP contribution in [0.25, 0.3) is 0 Å². The van der Waals surface area contributed by atoms with E-state index in [1.165, 1.54) is 7.11 Å². The fraction of sp³-hybridized carbons (Fsp3) is 0.481. The van der Waals surface area contributed by atoms with Crippen LogP contribution in [0.1, 0.15) is 52.0 Å². The Morgan fingerprint density at radius 3 is 2.39 bits per heavy atom. The maximum atomic E-state index is 13.2. The van der Waals surface area contributed by atoms with Crippen molar-refractivity contribution in [1.29, 1.82) is 0 Å². The van der Waals surface area contributed by atoms with Crippen LogP contribution < -0.4 is 25.8 Å². The molecule has 2 aliphatic rings. The number of carbonyl (C=O) groups excluding carboxylic acids is 2. The second-order valence-corrected chi connectivity index (χ2v) is 9.31. The largest absolute Gasteiger partial charge is 0.493 e. The van der Waals surface area contributed by atoms with Crippen molar-refractivity contribution < 1.29 is 23.8 Å². The van der Waals surface area contributed by atoms with Gasteiger partial charge in [-0.25, -0.2) is 0 Å². The van der Waals surface area contributed by atoms with Crippen LogP contribution in [0.5, 0.6) is 11.5 Å². The molecule has 0 spiro atoms. The minimum absolute atomic E-state index is 0.0347. The maximum Gasteiger partial charge on any atom is 0.255 e. The molecule has 9 heteroatoms. The van der Waals surface area contributed by atoms with Gasteiger partial charge in [-0.2, -0.15) is 0 Å². The minimum atomic E-state index is -0.300. The van der Waals surface area contributed by atoms with Crippen molar-refractivity contribution in [3.8, 4) is 11.5 Å². The number of hydrogen-bond donors (Lipinski definition) is 3.